The Labute approximate surface area is 118 Å². The Kier molecular flexibility index (Phi) is 3.47. The summed E-state index contributed by atoms with van der Waals surface area (Å²) >= 11 is 0. The average Bonchev–Trinajstić information content (AvgIpc) is 2.97. The van der Waals surface area contributed by atoms with Crippen molar-refractivity contribution < 1.29 is 4.84 Å². The lowest BCUT2D eigenvalue weighted by Gasteiger charge is -2.07. The predicted octanol–water partition coefficient (Wildman–Crippen LogP) is 3.29. The maximum Gasteiger partial charge on any atom is 0.137 e. The minimum absolute atomic E-state index is 0.100. The monoisotopic (exact) mass is 264 g/mol. The molecule has 0 saturated carbocycles. The first kappa shape index (κ1) is 12.4. The van der Waals surface area contributed by atoms with Crippen LogP contribution in [0.25, 0.3) is 0 Å². The highest BCUT2D eigenvalue weighted by Gasteiger charge is 2.22. The number of benzene rings is 2. The first-order chi connectivity index (χ1) is 9.85. The molecule has 1 heterocycles. The van der Waals surface area contributed by atoms with E-state index >= 15 is 0 Å². The second-order valence-corrected chi connectivity index (χ2v) is 4.85. The molecule has 1 aliphatic heterocycles. The van der Waals surface area contributed by atoms with Crippen LogP contribution in [0.1, 0.15) is 23.1 Å². The highest BCUT2D eigenvalue weighted by Crippen LogP contribution is 2.20. The summed E-state index contributed by atoms with van der Waals surface area (Å²) in [6.45, 7) is 0. The summed E-state index contributed by atoms with van der Waals surface area (Å²) in [5, 5.41) is 13.0. The third-order valence-electron chi connectivity index (χ3n) is 3.39. The third-order valence-corrected chi connectivity index (χ3v) is 3.39. The SMILES string of the molecule is N#[14C]c1ccc(C2=NOC(Cc3ccccc3)C2)cc1. The van der Waals surface area contributed by atoms with Crippen LogP contribution in [0.4, 0.5) is 0 Å². The van der Waals surface area contributed by atoms with Gasteiger partial charge in [-0.1, -0.05) is 47.6 Å². The molecule has 0 saturated heterocycles. The Balaban J connectivity index is 1.65. The lowest BCUT2D eigenvalue weighted by Crippen LogP contribution is -2.11. The zero-order valence-corrected chi connectivity index (χ0v) is 11.0. The van der Waals surface area contributed by atoms with E-state index in [0.717, 1.165) is 24.1 Å². The van der Waals surface area contributed by atoms with Crippen LogP contribution in [-0.2, 0) is 11.3 Å². The molecule has 2 aromatic carbocycles. The lowest BCUT2D eigenvalue weighted by molar-refractivity contribution is 0.0859. The first-order valence-electron chi connectivity index (χ1n) is 6.62. The summed E-state index contributed by atoms with van der Waals surface area (Å²) < 4.78 is 0. The molecule has 1 unspecified atom stereocenters. The Bertz CT molecular complexity index is 654. The van der Waals surface area contributed by atoms with Crippen LogP contribution in [0.3, 0.4) is 0 Å². The van der Waals surface area contributed by atoms with Crippen molar-refractivity contribution in [1.82, 2.24) is 0 Å². The van der Waals surface area contributed by atoms with Crippen LogP contribution in [0.2, 0.25) is 0 Å². The fourth-order valence-corrected chi connectivity index (χ4v) is 2.32. The minimum atomic E-state index is 0.100. The molecular weight excluding hydrogens is 250 g/mol. The summed E-state index contributed by atoms with van der Waals surface area (Å²) in [6.07, 6.45) is 1.77. The van der Waals surface area contributed by atoms with Crippen molar-refractivity contribution in [1.29, 1.82) is 5.26 Å². The molecule has 0 N–H and O–H groups in total. The molecule has 98 valence electrons. The van der Waals surface area contributed by atoms with E-state index < -0.39 is 0 Å². The van der Waals surface area contributed by atoms with Gasteiger partial charge in [0.2, 0.25) is 0 Å². The van der Waals surface area contributed by atoms with E-state index in [1.54, 1.807) is 0 Å². The van der Waals surface area contributed by atoms with Gasteiger partial charge in [-0.05, 0) is 23.3 Å². The minimum Gasteiger partial charge on any atom is -0.391 e. The number of rotatable bonds is 3. The molecule has 3 rings (SSSR count). The summed E-state index contributed by atoms with van der Waals surface area (Å²) in [5.74, 6) is 0. The Hall–Kier alpha value is -2.60. The van der Waals surface area contributed by atoms with E-state index in [0.29, 0.717) is 5.56 Å². The van der Waals surface area contributed by atoms with E-state index in [2.05, 4.69) is 23.4 Å². The third kappa shape index (κ3) is 2.70. The molecule has 3 heteroatoms. The molecule has 0 aliphatic carbocycles. The number of oxime groups is 1. The average molecular weight is 264 g/mol. The summed E-state index contributed by atoms with van der Waals surface area (Å²) in [4.78, 5) is 5.50. The predicted molar refractivity (Wildman–Crippen MR) is 77.3 cm³/mol. The highest BCUT2D eigenvalue weighted by molar-refractivity contribution is 6.01. The maximum atomic E-state index is 8.80. The van der Waals surface area contributed by atoms with Gasteiger partial charge in [0.25, 0.3) is 0 Å². The van der Waals surface area contributed by atoms with Gasteiger partial charge in [0, 0.05) is 12.8 Å². The number of nitrogens with zero attached hydrogens (tertiary/aromatic N) is 2. The van der Waals surface area contributed by atoms with Gasteiger partial charge in [0.05, 0.1) is 17.3 Å². The summed E-state index contributed by atoms with van der Waals surface area (Å²) in [6, 6.07) is 19.9. The standard InChI is InChI=1S/C17H14N2O/c18-12-14-6-8-15(9-7-14)17-11-16(20-19-17)10-13-4-2-1-3-5-13/h1-9,16H,10-11H2/i12+2. The van der Waals surface area contributed by atoms with Gasteiger partial charge in [-0.25, -0.2) is 0 Å². The van der Waals surface area contributed by atoms with Crippen molar-refractivity contribution in [2.24, 2.45) is 5.16 Å². The lowest BCUT2D eigenvalue weighted by atomic mass is 10.0. The van der Waals surface area contributed by atoms with E-state index in [9.17, 15) is 0 Å². The molecule has 20 heavy (non-hydrogen) atoms. The van der Waals surface area contributed by atoms with Crippen LogP contribution in [0.15, 0.2) is 59.8 Å². The van der Waals surface area contributed by atoms with Crippen LogP contribution >= 0.6 is 0 Å². The van der Waals surface area contributed by atoms with Crippen LogP contribution in [0.5, 0.6) is 0 Å². The van der Waals surface area contributed by atoms with Crippen molar-refractivity contribution in [2.75, 3.05) is 0 Å². The van der Waals surface area contributed by atoms with Crippen molar-refractivity contribution in [3.63, 3.8) is 0 Å². The zero-order chi connectivity index (χ0) is 13.8. The fourth-order valence-electron chi connectivity index (χ4n) is 2.32. The van der Waals surface area contributed by atoms with Crippen molar-refractivity contribution >= 4 is 5.71 Å². The van der Waals surface area contributed by atoms with Crippen LogP contribution in [-0.4, -0.2) is 11.8 Å². The maximum absolute atomic E-state index is 8.80. The summed E-state index contributed by atoms with van der Waals surface area (Å²) in [5.41, 5.74) is 3.90. The van der Waals surface area contributed by atoms with Gasteiger partial charge >= 0.3 is 0 Å². The number of nitriles is 1. The van der Waals surface area contributed by atoms with E-state index in [-0.39, 0.29) is 6.10 Å². The Morgan fingerprint density at radius 2 is 1.85 bits per heavy atom. The molecule has 1 atom stereocenters. The van der Waals surface area contributed by atoms with Gasteiger partial charge in [-0.2, -0.15) is 5.26 Å². The van der Waals surface area contributed by atoms with Crippen molar-refractivity contribution in [3.8, 4) is 6.07 Å². The van der Waals surface area contributed by atoms with Crippen LogP contribution in [0, 0.1) is 11.3 Å². The summed E-state index contributed by atoms with van der Waals surface area (Å²) in [7, 11) is 0. The van der Waals surface area contributed by atoms with Gasteiger partial charge in [-0.15, -0.1) is 0 Å². The molecule has 1 aliphatic rings. The molecule has 0 amide bonds. The smallest absolute Gasteiger partial charge is 0.137 e. The normalized spacial score (nSPS) is 17.1. The molecule has 0 bridgehead atoms. The molecule has 0 spiro atoms. The fraction of sp³-hybridized carbons (Fsp3) is 0.176. The Morgan fingerprint density at radius 3 is 2.55 bits per heavy atom. The van der Waals surface area contributed by atoms with E-state index in [1.165, 1.54) is 5.56 Å². The van der Waals surface area contributed by atoms with Crippen LogP contribution < -0.4 is 0 Å². The highest BCUT2D eigenvalue weighted by atomic mass is 16.6. The van der Waals surface area contributed by atoms with Gasteiger partial charge in [0.1, 0.15) is 6.10 Å². The van der Waals surface area contributed by atoms with E-state index in [1.807, 2.05) is 42.5 Å². The molecular formula is C17H14N2O. The quantitative estimate of drug-likeness (QED) is 0.853. The molecule has 3 nitrogen and oxygen atoms in total. The Morgan fingerprint density at radius 1 is 1.10 bits per heavy atom. The second-order valence-electron chi connectivity index (χ2n) is 4.85. The molecule has 0 fully saturated rings. The molecule has 2 aromatic rings. The number of hydrogen-bond acceptors (Lipinski definition) is 3. The van der Waals surface area contributed by atoms with Crippen molar-refractivity contribution in [3.05, 3.63) is 71.3 Å². The van der Waals surface area contributed by atoms with Gasteiger partial charge in [-0.3, -0.25) is 0 Å². The topological polar surface area (TPSA) is 45.4 Å². The zero-order valence-electron chi connectivity index (χ0n) is 11.0. The molecule has 0 aromatic heterocycles. The van der Waals surface area contributed by atoms with Gasteiger partial charge < -0.3 is 4.84 Å². The van der Waals surface area contributed by atoms with E-state index in [4.69, 9.17) is 10.1 Å². The molecule has 0 radical (unpaired) electrons. The van der Waals surface area contributed by atoms with Crippen molar-refractivity contribution in [2.45, 2.75) is 18.9 Å². The van der Waals surface area contributed by atoms with Gasteiger partial charge in [0.15, 0.2) is 0 Å². The second kappa shape index (κ2) is 5.58. The number of hydrogen-bond donors (Lipinski definition) is 0. The largest absolute Gasteiger partial charge is 0.391 e. The first-order valence-corrected chi connectivity index (χ1v) is 6.62.